The second kappa shape index (κ2) is 9.40. The molecule has 9 nitrogen and oxygen atoms in total. The van der Waals surface area contributed by atoms with Crippen molar-refractivity contribution >= 4 is 23.1 Å². The summed E-state index contributed by atoms with van der Waals surface area (Å²) in [5.74, 6) is 0.301. The fourth-order valence-electron chi connectivity index (χ4n) is 3.46. The van der Waals surface area contributed by atoms with E-state index in [9.17, 15) is 4.79 Å². The maximum Gasteiger partial charge on any atom is 0.331 e. The van der Waals surface area contributed by atoms with Gasteiger partial charge in [-0.1, -0.05) is 24.3 Å². The minimum atomic E-state index is -0.392. The largest absolute Gasteiger partial charge is 0.467 e. The van der Waals surface area contributed by atoms with Gasteiger partial charge in [0.1, 0.15) is 17.8 Å². The highest BCUT2D eigenvalue weighted by Gasteiger charge is 2.20. The summed E-state index contributed by atoms with van der Waals surface area (Å²) < 4.78 is 17.5. The molecule has 1 aromatic carbocycles. The minimum Gasteiger partial charge on any atom is -0.467 e. The Morgan fingerprint density at radius 3 is 2.58 bits per heavy atom. The van der Waals surface area contributed by atoms with Gasteiger partial charge in [0.05, 0.1) is 33.3 Å². The molecule has 0 aliphatic carbocycles. The van der Waals surface area contributed by atoms with Crippen molar-refractivity contribution in [2.75, 3.05) is 44.9 Å². The third kappa shape index (κ3) is 4.67. The molecule has 0 atom stereocenters. The van der Waals surface area contributed by atoms with Gasteiger partial charge in [-0.25, -0.2) is 14.8 Å². The van der Waals surface area contributed by atoms with E-state index >= 15 is 0 Å². The number of carbonyl (C=O) groups excluding carboxylic acids is 1. The van der Waals surface area contributed by atoms with Gasteiger partial charge in [-0.3, -0.25) is 0 Å². The number of nitrogens with zero attached hydrogens (tertiary/aromatic N) is 5. The van der Waals surface area contributed by atoms with Crippen LogP contribution in [0.5, 0.6) is 0 Å². The average molecular weight is 425 g/mol. The van der Waals surface area contributed by atoms with Crippen molar-refractivity contribution in [1.82, 2.24) is 19.5 Å². The van der Waals surface area contributed by atoms with Gasteiger partial charge in [0.15, 0.2) is 5.65 Å². The van der Waals surface area contributed by atoms with Crippen LogP contribution in [-0.2, 0) is 25.6 Å². The van der Waals surface area contributed by atoms with Gasteiger partial charge in [-0.15, -0.1) is 0 Å². The number of carbonyl (C=O) groups is 1. The normalized spacial score (nSPS) is 14.4. The number of rotatable bonds is 7. The molecule has 1 fully saturated rings. The Balaban J connectivity index is 1.66. The van der Waals surface area contributed by atoms with Crippen LogP contribution in [0.3, 0.4) is 0 Å². The average Bonchev–Trinajstić information content (AvgIpc) is 3.24. The van der Waals surface area contributed by atoms with Crippen molar-refractivity contribution in [3.63, 3.8) is 0 Å². The van der Waals surface area contributed by atoms with Crippen LogP contribution in [0, 0.1) is 0 Å². The monoisotopic (exact) mass is 425 g/mol. The Morgan fingerprint density at radius 2 is 1.90 bits per heavy atom. The van der Waals surface area contributed by atoms with Crippen molar-refractivity contribution in [1.29, 1.82) is 0 Å². The predicted molar refractivity (Wildman–Crippen MR) is 116 cm³/mol. The van der Waals surface area contributed by atoms with E-state index in [1.807, 2.05) is 30.6 Å². The second-order valence-corrected chi connectivity index (χ2v) is 7.66. The first-order valence-electron chi connectivity index (χ1n) is 10.4. The van der Waals surface area contributed by atoms with E-state index in [-0.39, 0.29) is 12.6 Å². The molecule has 4 rings (SSSR count). The highest BCUT2D eigenvalue weighted by molar-refractivity contribution is 5.88. The van der Waals surface area contributed by atoms with E-state index in [0.29, 0.717) is 25.8 Å². The van der Waals surface area contributed by atoms with Gasteiger partial charge < -0.3 is 23.7 Å². The molecule has 0 N–H and O–H groups in total. The summed E-state index contributed by atoms with van der Waals surface area (Å²) in [4.78, 5) is 27.7. The van der Waals surface area contributed by atoms with E-state index in [4.69, 9.17) is 19.4 Å². The number of esters is 1. The molecule has 0 amide bonds. The van der Waals surface area contributed by atoms with Gasteiger partial charge in [0.2, 0.25) is 5.95 Å². The summed E-state index contributed by atoms with van der Waals surface area (Å²) in [6.45, 7) is 7.34. The molecule has 1 aliphatic heterocycles. The Kier molecular flexibility index (Phi) is 6.43. The van der Waals surface area contributed by atoms with Gasteiger partial charge in [-0.05, 0) is 19.4 Å². The van der Waals surface area contributed by atoms with E-state index < -0.39 is 5.97 Å². The molecule has 2 aromatic heterocycles. The summed E-state index contributed by atoms with van der Waals surface area (Å²) in [6, 6.07) is 8.16. The number of hydrogen-bond acceptors (Lipinski definition) is 8. The maximum atomic E-state index is 11.2. The van der Waals surface area contributed by atoms with Crippen LogP contribution >= 0.6 is 0 Å². The topological polar surface area (TPSA) is 91.6 Å². The molecule has 1 saturated heterocycles. The van der Waals surface area contributed by atoms with Crippen LogP contribution in [0.4, 0.5) is 5.95 Å². The number of fused-ring (bicyclic) bond motifs is 1. The first-order valence-corrected chi connectivity index (χ1v) is 10.4. The van der Waals surface area contributed by atoms with Crippen LogP contribution in [0.15, 0.2) is 30.6 Å². The molecule has 1 aliphatic rings. The molecule has 0 spiro atoms. The van der Waals surface area contributed by atoms with Gasteiger partial charge in [-0.2, -0.15) is 4.98 Å². The molecule has 3 aromatic rings. The lowest BCUT2D eigenvalue weighted by Crippen LogP contribution is -2.37. The van der Waals surface area contributed by atoms with Gasteiger partial charge in [0, 0.05) is 24.7 Å². The molecule has 0 bridgehead atoms. The maximum absolute atomic E-state index is 11.2. The van der Waals surface area contributed by atoms with Gasteiger partial charge >= 0.3 is 5.97 Å². The van der Waals surface area contributed by atoms with E-state index in [2.05, 4.69) is 33.0 Å². The summed E-state index contributed by atoms with van der Waals surface area (Å²) in [7, 11) is 1.34. The number of anilines is 1. The minimum absolute atomic E-state index is 0.0691. The fraction of sp³-hybridized carbons (Fsp3) is 0.455. The third-order valence-electron chi connectivity index (χ3n) is 5.20. The van der Waals surface area contributed by atoms with E-state index in [0.717, 1.165) is 41.1 Å². The molecular formula is C22H27N5O4. The first-order chi connectivity index (χ1) is 15.1. The zero-order valence-corrected chi connectivity index (χ0v) is 18.1. The Bertz CT molecular complexity index is 1040. The number of aromatic nitrogens is 4. The number of methoxy groups -OCH3 is 1. The quantitative estimate of drug-likeness (QED) is 0.534. The zero-order valence-electron chi connectivity index (χ0n) is 18.1. The Morgan fingerprint density at radius 1 is 1.16 bits per heavy atom. The van der Waals surface area contributed by atoms with Crippen LogP contribution in [0.2, 0.25) is 0 Å². The first kappa shape index (κ1) is 21.2. The van der Waals surface area contributed by atoms with Crippen LogP contribution in [0.1, 0.15) is 25.5 Å². The zero-order chi connectivity index (χ0) is 21.8. The highest BCUT2D eigenvalue weighted by atomic mass is 16.6. The molecule has 31 heavy (non-hydrogen) atoms. The summed E-state index contributed by atoms with van der Waals surface area (Å²) in [5, 5.41) is 0. The predicted octanol–water partition coefficient (Wildman–Crippen LogP) is 2.60. The van der Waals surface area contributed by atoms with Crippen molar-refractivity contribution in [3.8, 4) is 11.3 Å². The second-order valence-electron chi connectivity index (χ2n) is 7.66. The number of benzene rings is 1. The molecular weight excluding hydrogens is 398 g/mol. The SMILES string of the molecule is COC(=O)COCc1ccc(-c2nc(N3CCOCC3)nc3c2ncn3C(C)C)cc1. The lowest BCUT2D eigenvalue weighted by Gasteiger charge is -2.27. The number of hydrogen-bond donors (Lipinski definition) is 0. The van der Waals surface area contributed by atoms with Crippen LogP contribution in [-0.4, -0.2) is 65.5 Å². The highest BCUT2D eigenvalue weighted by Crippen LogP contribution is 2.29. The summed E-state index contributed by atoms with van der Waals surface area (Å²) >= 11 is 0. The van der Waals surface area contributed by atoms with Crippen molar-refractivity contribution in [2.45, 2.75) is 26.5 Å². The number of morpholine rings is 1. The molecule has 0 radical (unpaired) electrons. The van der Waals surface area contributed by atoms with E-state index in [1.54, 1.807) is 0 Å². The smallest absolute Gasteiger partial charge is 0.331 e. The van der Waals surface area contributed by atoms with Crippen LogP contribution < -0.4 is 4.90 Å². The molecule has 3 heterocycles. The third-order valence-corrected chi connectivity index (χ3v) is 5.20. The molecule has 164 valence electrons. The Labute approximate surface area is 181 Å². The van der Waals surface area contributed by atoms with Crippen molar-refractivity contribution in [3.05, 3.63) is 36.2 Å². The fourth-order valence-corrected chi connectivity index (χ4v) is 3.46. The number of imidazole rings is 1. The number of ether oxygens (including phenoxy) is 3. The molecule has 0 unspecified atom stereocenters. The van der Waals surface area contributed by atoms with Crippen LogP contribution in [0.25, 0.3) is 22.4 Å². The van der Waals surface area contributed by atoms with Crippen molar-refractivity contribution < 1.29 is 19.0 Å². The van der Waals surface area contributed by atoms with Crippen molar-refractivity contribution in [2.24, 2.45) is 0 Å². The molecule has 9 heteroatoms. The summed E-state index contributed by atoms with van der Waals surface area (Å²) in [5.41, 5.74) is 4.31. The standard InChI is InChI=1S/C22H27N5O4/c1-15(2)27-14-23-20-19(24-22(25-21(20)27)26-8-10-30-11-9-26)17-6-4-16(5-7-17)12-31-13-18(28)29-3/h4-7,14-15H,8-13H2,1-3H3. The lowest BCUT2D eigenvalue weighted by atomic mass is 10.1. The van der Waals surface area contributed by atoms with E-state index in [1.165, 1.54) is 7.11 Å². The lowest BCUT2D eigenvalue weighted by molar-refractivity contribution is -0.146. The molecule has 0 saturated carbocycles. The Hall–Kier alpha value is -3.04. The van der Waals surface area contributed by atoms with Gasteiger partial charge in [0.25, 0.3) is 0 Å². The summed E-state index contributed by atoms with van der Waals surface area (Å²) in [6.07, 6.45) is 1.83.